The number of halogens is 4. The number of anilines is 1. The number of aryl methyl sites for hydroxylation is 1. The number of methoxy groups -OCH3 is 1. The number of hydrogen-bond acceptors (Lipinski definition) is 3. The van der Waals surface area contributed by atoms with Crippen molar-refractivity contribution in [3.8, 4) is 5.75 Å². The van der Waals surface area contributed by atoms with Crippen LogP contribution in [0.3, 0.4) is 0 Å². The third kappa shape index (κ3) is 7.08. The molecule has 0 saturated heterocycles. The molecule has 0 radical (unpaired) electrons. The summed E-state index contributed by atoms with van der Waals surface area (Å²) in [6, 6.07) is 7.58. The van der Waals surface area contributed by atoms with Crippen LogP contribution >= 0.6 is 24.0 Å². The van der Waals surface area contributed by atoms with E-state index >= 15 is 0 Å². The Morgan fingerprint density at radius 1 is 1.10 bits per heavy atom. The topological polar surface area (TPSA) is 74.8 Å². The van der Waals surface area contributed by atoms with E-state index in [-0.39, 0.29) is 30.5 Å². The molecule has 0 bridgehead atoms. The molecule has 0 aliphatic carbocycles. The minimum absolute atomic E-state index is 0. The number of carbonyl (C=O) groups excluding carboxylic acids is 1. The Labute approximate surface area is 190 Å². The molecule has 164 valence electrons. The number of nitrogens with one attached hydrogen (secondary N) is 3. The molecule has 0 saturated carbocycles. The summed E-state index contributed by atoms with van der Waals surface area (Å²) < 4.78 is 45.1. The van der Waals surface area contributed by atoms with Gasteiger partial charge in [0.2, 0.25) is 5.91 Å². The molecule has 0 heterocycles. The highest BCUT2D eigenvalue weighted by Gasteiger charge is 2.15. The van der Waals surface area contributed by atoms with E-state index in [0.29, 0.717) is 18.9 Å². The molecule has 0 fully saturated rings. The lowest BCUT2D eigenvalue weighted by atomic mass is 10.1. The quantitative estimate of drug-likeness (QED) is 0.220. The first-order valence-electron chi connectivity index (χ1n) is 8.87. The summed E-state index contributed by atoms with van der Waals surface area (Å²) in [7, 11) is 3.14. The molecule has 0 spiro atoms. The first-order chi connectivity index (χ1) is 13.8. The standard InChI is InChI=1S/C20H23F3N4O2.HI/c1-12-4-7-16(29-3)13(10-12)8-9-25-20(24-2)26-11-17(28)27-15-6-5-14(21)18(22)19(15)23;/h4-7,10H,8-9,11H2,1-3H3,(H,27,28)(H2,24,25,26);1H. The first-order valence-corrected chi connectivity index (χ1v) is 8.87. The van der Waals surface area contributed by atoms with E-state index in [1.54, 1.807) is 7.11 Å². The predicted molar refractivity (Wildman–Crippen MR) is 121 cm³/mol. The highest BCUT2D eigenvalue weighted by molar-refractivity contribution is 14.0. The van der Waals surface area contributed by atoms with E-state index in [2.05, 4.69) is 20.9 Å². The van der Waals surface area contributed by atoms with Crippen molar-refractivity contribution in [1.82, 2.24) is 10.6 Å². The van der Waals surface area contributed by atoms with E-state index in [9.17, 15) is 18.0 Å². The van der Waals surface area contributed by atoms with Crippen molar-refractivity contribution < 1.29 is 22.7 Å². The molecule has 2 aromatic carbocycles. The van der Waals surface area contributed by atoms with Crippen molar-refractivity contribution in [2.24, 2.45) is 4.99 Å². The van der Waals surface area contributed by atoms with E-state index in [4.69, 9.17) is 4.74 Å². The van der Waals surface area contributed by atoms with Crippen molar-refractivity contribution in [1.29, 1.82) is 0 Å². The van der Waals surface area contributed by atoms with Crippen LogP contribution in [0.15, 0.2) is 35.3 Å². The van der Waals surface area contributed by atoms with Gasteiger partial charge < -0.3 is 20.7 Å². The third-order valence-corrected chi connectivity index (χ3v) is 4.07. The largest absolute Gasteiger partial charge is 0.496 e. The molecule has 0 unspecified atom stereocenters. The maximum Gasteiger partial charge on any atom is 0.243 e. The SMILES string of the molecule is CN=C(NCCc1cc(C)ccc1OC)NCC(=O)Nc1ccc(F)c(F)c1F.I. The van der Waals surface area contributed by atoms with Gasteiger partial charge in [0.1, 0.15) is 5.75 Å². The lowest BCUT2D eigenvalue weighted by Crippen LogP contribution is -2.42. The van der Waals surface area contributed by atoms with Crippen LogP contribution in [0.25, 0.3) is 0 Å². The second-order valence-corrected chi connectivity index (χ2v) is 6.19. The van der Waals surface area contributed by atoms with Gasteiger partial charge in [-0.05, 0) is 37.1 Å². The zero-order valence-corrected chi connectivity index (χ0v) is 19.1. The average Bonchev–Trinajstić information content (AvgIpc) is 2.71. The fourth-order valence-corrected chi connectivity index (χ4v) is 2.62. The van der Waals surface area contributed by atoms with Gasteiger partial charge in [0.15, 0.2) is 23.4 Å². The summed E-state index contributed by atoms with van der Waals surface area (Å²) in [4.78, 5) is 15.9. The average molecular weight is 536 g/mol. The van der Waals surface area contributed by atoms with Gasteiger partial charge in [-0.2, -0.15) is 0 Å². The number of carbonyl (C=O) groups is 1. The van der Waals surface area contributed by atoms with E-state index in [1.165, 1.54) is 7.05 Å². The summed E-state index contributed by atoms with van der Waals surface area (Å²) in [5.74, 6) is -3.91. The van der Waals surface area contributed by atoms with Gasteiger partial charge in [-0.25, -0.2) is 13.2 Å². The van der Waals surface area contributed by atoms with Gasteiger partial charge in [0, 0.05) is 13.6 Å². The molecule has 30 heavy (non-hydrogen) atoms. The highest BCUT2D eigenvalue weighted by Crippen LogP contribution is 2.20. The minimum Gasteiger partial charge on any atom is -0.496 e. The summed E-state index contributed by atoms with van der Waals surface area (Å²) >= 11 is 0. The molecule has 10 heteroatoms. The third-order valence-electron chi connectivity index (χ3n) is 4.07. The summed E-state index contributed by atoms with van der Waals surface area (Å²) in [5.41, 5.74) is 1.71. The van der Waals surface area contributed by atoms with E-state index in [0.717, 1.165) is 29.0 Å². The van der Waals surface area contributed by atoms with Crippen molar-refractivity contribution in [3.05, 3.63) is 58.9 Å². The Morgan fingerprint density at radius 3 is 2.50 bits per heavy atom. The number of ether oxygens (including phenoxy) is 1. The van der Waals surface area contributed by atoms with Crippen LogP contribution in [0.4, 0.5) is 18.9 Å². The van der Waals surface area contributed by atoms with Gasteiger partial charge in [0.25, 0.3) is 0 Å². The van der Waals surface area contributed by atoms with Gasteiger partial charge >= 0.3 is 0 Å². The smallest absolute Gasteiger partial charge is 0.243 e. The summed E-state index contributed by atoms with van der Waals surface area (Å²) in [6.45, 7) is 2.27. The normalized spacial score (nSPS) is 10.8. The number of amides is 1. The second kappa shape index (κ2) is 12.3. The van der Waals surface area contributed by atoms with Crippen LogP contribution in [0, 0.1) is 24.4 Å². The lowest BCUT2D eigenvalue weighted by molar-refractivity contribution is -0.115. The fourth-order valence-electron chi connectivity index (χ4n) is 2.62. The Morgan fingerprint density at radius 2 is 1.83 bits per heavy atom. The second-order valence-electron chi connectivity index (χ2n) is 6.19. The molecule has 2 rings (SSSR count). The van der Waals surface area contributed by atoms with Crippen molar-refractivity contribution in [2.45, 2.75) is 13.3 Å². The minimum atomic E-state index is -1.64. The van der Waals surface area contributed by atoms with Crippen molar-refractivity contribution in [2.75, 3.05) is 32.6 Å². The zero-order chi connectivity index (χ0) is 21.4. The van der Waals surface area contributed by atoms with Crippen molar-refractivity contribution in [3.63, 3.8) is 0 Å². The Balaban J connectivity index is 0.00000450. The molecule has 3 N–H and O–H groups in total. The Hall–Kier alpha value is -2.50. The van der Waals surface area contributed by atoms with Gasteiger partial charge in [-0.1, -0.05) is 17.7 Å². The van der Waals surface area contributed by atoms with Crippen LogP contribution in [0.5, 0.6) is 5.75 Å². The zero-order valence-electron chi connectivity index (χ0n) is 16.8. The molecule has 0 atom stereocenters. The number of aliphatic imine (C=N–C) groups is 1. The molecular weight excluding hydrogens is 512 g/mol. The number of guanidine groups is 1. The summed E-state index contributed by atoms with van der Waals surface area (Å²) in [6.07, 6.45) is 0.665. The Kier molecular flexibility index (Phi) is 10.4. The van der Waals surface area contributed by atoms with E-state index < -0.39 is 29.0 Å². The van der Waals surface area contributed by atoms with Gasteiger partial charge in [0.05, 0.1) is 19.3 Å². The summed E-state index contributed by atoms with van der Waals surface area (Å²) in [5, 5.41) is 8.00. The molecule has 6 nitrogen and oxygen atoms in total. The van der Waals surface area contributed by atoms with Crippen LogP contribution in [-0.4, -0.2) is 39.1 Å². The molecular formula is C20H24F3IN4O2. The first kappa shape index (κ1) is 25.5. The predicted octanol–water partition coefficient (Wildman–Crippen LogP) is 3.39. The fraction of sp³-hybridized carbons (Fsp3) is 0.300. The molecule has 0 aliphatic rings. The number of benzene rings is 2. The number of nitrogens with zero attached hydrogens (tertiary/aromatic N) is 1. The van der Waals surface area contributed by atoms with Crippen LogP contribution in [0.2, 0.25) is 0 Å². The molecule has 2 aromatic rings. The van der Waals surface area contributed by atoms with Crippen LogP contribution in [0.1, 0.15) is 11.1 Å². The van der Waals surface area contributed by atoms with Gasteiger partial charge in [-0.15, -0.1) is 24.0 Å². The maximum absolute atomic E-state index is 13.6. The van der Waals surface area contributed by atoms with Crippen LogP contribution in [-0.2, 0) is 11.2 Å². The molecule has 1 amide bonds. The van der Waals surface area contributed by atoms with Gasteiger partial charge in [-0.3, -0.25) is 9.79 Å². The highest BCUT2D eigenvalue weighted by atomic mass is 127. The van der Waals surface area contributed by atoms with Crippen LogP contribution < -0.4 is 20.7 Å². The van der Waals surface area contributed by atoms with E-state index in [1.807, 2.05) is 25.1 Å². The van der Waals surface area contributed by atoms with Crippen molar-refractivity contribution >= 4 is 41.5 Å². The maximum atomic E-state index is 13.6. The Bertz CT molecular complexity index is 910. The monoisotopic (exact) mass is 536 g/mol. The number of hydrogen-bond donors (Lipinski definition) is 3. The molecule has 0 aliphatic heterocycles. The number of rotatable bonds is 7. The molecule has 0 aromatic heterocycles. The lowest BCUT2D eigenvalue weighted by Gasteiger charge is -2.14.